The Morgan fingerprint density at radius 2 is 2.00 bits per heavy atom. The van der Waals surface area contributed by atoms with Gasteiger partial charge >= 0.3 is 5.97 Å². The lowest BCUT2D eigenvalue weighted by molar-refractivity contribution is -0.134. The predicted octanol–water partition coefficient (Wildman–Crippen LogP) is 1.91. The van der Waals surface area contributed by atoms with Crippen molar-refractivity contribution in [2.75, 3.05) is 12.4 Å². The molecule has 2 rings (SSSR count). The highest BCUT2D eigenvalue weighted by Gasteiger charge is 2.19. The molecule has 2 N–H and O–H groups in total. The number of rotatable bonds is 6. The van der Waals surface area contributed by atoms with E-state index in [0.29, 0.717) is 11.5 Å². The van der Waals surface area contributed by atoms with E-state index in [4.69, 9.17) is 0 Å². The van der Waals surface area contributed by atoms with Crippen molar-refractivity contribution in [3.63, 3.8) is 0 Å². The molecule has 1 saturated carbocycles. The second-order valence-electron chi connectivity index (χ2n) is 5.89. The molecular formula is C17H24N4O3. The maximum absolute atomic E-state index is 12.2. The average Bonchev–Trinajstić information content (AvgIpc) is 2.61. The summed E-state index contributed by atoms with van der Waals surface area (Å²) in [5.74, 6) is 0.0295. The number of nitrogens with zero attached hydrogens (tertiary/aromatic N) is 2. The fourth-order valence-corrected chi connectivity index (χ4v) is 2.58. The number of amides is 1. The highest BCUT2D eigenvalue weighted by atomic mass is 16.5. The van der Waals surface area contributed by atoms with Crippen LogP contribution in [0.3, 0.4) is 0 Å². The molecule has 24 heavy (non-hydrogen) atoms. The third kappa shape index (κ3) is 5.64. The van der Waals surface area contributed by atoms with Crippen LogP contribution in [0, 0.1) is 0 Å². The minimum Gasteiger partial charge on any atom is -0.466 e. The van der Waals surface area contributed by atoms with E-state index in [1.54, 1.807) is 6.92 Å². The maximum Gasteiger partial charge on any atom is 0.330 e. The Morgan fingerprint density at radius 1 is 1.25 bits per heavy atom. The monoisotopic (exact) mass is 332 g/mol. The SMILES string of the molecule is COC(=O)C=Cc1cnc(N[C@H](C)C(=O)NC2CCCCC2)cn1. The second kappa shape index (κ2) is 9.00. The molecule has 1 heterocycles. The van der Waals surface area contributed by atoms with E-state index in [2.05, 4.69) is 25.3 Å². The van der Waals surface area contributed by atoms with Crippen LogP contribution in [0.5, 0.6) is 0 Å². The molecule has 0 bridgehead atoms. The lowest BCUT2D eigenvalue weighted by Gasteiger charge is -2.24. The number of carbonyl (C=O) groups is 2. The number of ether oxygens (including phenoxy) is 1. The molecule has 7 nitrogen and oxygen atoms in total. The van der Waals surface area contributed by atoms with E-state index >= 15 is 0 Å². The van der Waals surface area contributed by atoms with Gasteiger partial charge in [-0.05, 0) is 25.8 Å². The van der Waals surface area contributed by atoms with Crippen molar-refractivity contribution in [2.45, 2.75) is 51.1 Å². The van der Waals surface area contributed by atoms with Crippen LogP contribution in [0.25, 0.3) is 6.08 Å². The van der Waals surface area contributed by atoms with Gasteiger partial charge < -0.3 is 15.4 Å². The number of hydrogen-bond donors (Lipinski definition) is 2. The molecule has 130 valence electrons. The van der Waals surface area contributed by atoms with E-state index in [1.807, 2.05) is 0 Å². The number of anilines is 1. The molecule has 0 aliphatic heterocycles. The van der Waals surface area contributed by atoms with E-state index in [9.17, 15) is 9.59 Å². The molecule has 0 spiro atoms. The Kier molecular flexibility index (Phi) is 6.72. The highest BCUT2D eigenvalue weighted by molar-refractivity contribution is 5.86. The summed E-state index contributed by atoms with van der Waals surface area (Å²) in [6.45, 7) is 1.80. The number of methoxy groups -OCH3 is 1. The topological polar surface area (TPSA) is 93.2 Å². The van der Waals surface area contributed by atoms with Crippen LogP contribution in [-0.2, 0) is 14.3 Å². The van der Waals surface area contributed by atoms with Gasteiger partial charge in [-0.2, -0.15) is 0 Å². The number of aromatic nitrogens is 2. The van der Waals surface area contributed by atoms with Crippen LogP contribution in [0.4, 0.5) is 5.82 Å². The molecule has 0 saturated heterocycles. The normalized spacial score (nSPS) is 16.6. The lowest BCUT2D eigenvalue weighted by Crippen LogP contribution is -2.44. The predicted molar refractivity (Wildman–Crippen MR) is 91.2 cm³/mol. The van der Waals surface area contributed by atoms with Gasteiger partial charge in [0, 0.05) is 12.1 Å². The van der Waals surface area contributed by atoms with Crippen LogP contribution in [-0.4, -0.2) is 41.0 Å². The molecule has 7 heteroatoms. The summed E-state index contributed by atoms with van der Waals surface area (Å²) in [6.07, 6.45) is 11.6. The smallest absolute Gasteiger partial charge is 0.330 e. The molecule has 1 aromatic rings. The minimum absolute atomic E-state index is 0.0293. The zero-order valence-electron chi connectivity index (χ0n) is 14.1. The fourth-order valence-electron chi connectivity index (χ4n) is 2.58. The Hall–Kier alpha value is -2.44. The molecule has 1 fully saturated rings. The summed E-state index contributed by atoms with van der Waals surface area (Å²) in [4.78, 5) is 31.6. The third-order valence-corrected chi connectivity index (χ3v) is 3.97. The average molecular weight is 332 g/mol. The van der Waals surface area contributed by atoms with Crippen LogP contribution in [0.2, 0.25) is 0 Å². The summed E-state index contributed by atoms with van der Waals surface area (Å²) in [5.41, 5.74) is 0.533. The van der Waals surface area contributed by atoms with Crippen molar-refractivity contribution in [3.05, 3.63) is 24.2 Å². The van der Waals surface area contributed by atoms with Gasteiger partial charge in [-0.15, -0.1) is 0 Å². The zero-order chi connectivity index (χ0) is 17.4. The summed E-state index contributed by atoms with van der Waals surface area (Å²) in [6, 6.07) is -0.106. The molecular weight excluding hydrogens is 308 g/mol. The van der Waals surface area contributed by atoms with Crippen LogP contribution in [0.1, 0.15) is 44.7 Å². The molecule has 0 aromatic carbocycles. The van der Waals surface area contributed by atoms with Crippen LogP contribution < -0.4 is 10.6 Å². The van der Waals surface area contributed by atoms with Gasteiger partial charge in [0.2, 0.25) is 5.91 Å². The number of carbonyl (C=O) groups excluding carboxylic acids is 2. The van der Waals surface area contributed by atoms with Gasteiger partial charge in [-0.25, -0.2) is 9.78 Å². The van der Waals surface area contributed by atoms with Gasteiger partial charge in [0.25, 0.3) is 0 Å². The molecule has 0 radical (unpaired) electrons. The summed E-state index contributed by atoms with van der Waals surface area (Å²) in [5, 5.41) is 6.11. The van der Waals surface area contributed by atoms with E-state index < -0.39 is 12.0 Å². The zero-order valence-corrected chi connectivity index (χ0v) is 14.1. The Bertz CT molecular complexity index is 580. The molecule has 1 aliphatic carbocycles. The number of hydrogen-bond acceptors (Lipinski definition) is 6. The van der Waals surface area contributed by atoms with Crippen molar-refractivity contribution >= 4 is 23.8 Å². The quantitative estimate of drug-likeness (QED) is 0.610. The van der Waals surface area contributed by atoms with Gasteiger partial charge in [0.15, 0.2) is 0 Å². The van der Waals surface area contributed by atoms with E-state index in [1.165, 1.54) is 50.9 Å². The first kappa shape index (κ1) is 17.9. The van der Waals surface area contributed by atoms with Gasteiger partial charge in [-0.1, -0.05) is 19.3 Å². The molecule has 1 amide bonds. The number of esters is 1. The van der Waals surface area contributed by atoms with Gasteiger partial charge in [0.05, 0.1) is 25.2 Å². The van der Waals surface area contributed by atoms with Gasteiger partial charge in [-0.3, -0.25) is 9.78 Å². The van der Waals surface area contributed by atoms with Crippen LogP contribution >= 0.6 is 0 Å². The van der Waals surface area contributed by atoms with E-state index in [0.717, 1.165) is 12.8 Å². The standard InChI is InChI=1S/C17H24N4O3/c1-12(17(23)21-13-6-4-3-5-7-13)20-15-11-18-14(10-19-15)8-9-16(22)24-2/h8-13H,3-7H2,1-2H3,(H,19,20)(H,21,23)/t12-/m1/s1. The van der Waals surface area contributed by atoms with Crippen molar-refractivity contribution in [2.24, 2.45) is 0 Å². The third-order valence-electron chi connectivity index (χ3n) is 3.97. The summed E-state index contributed by atoms with van der Waals surface area (Å²) >= 11 is 0. The molecule has 0 unspecified atom stereocenters. The second-order valence-corrected chi connectivity index (χ2v) is 5.89. The first-order chi connectivity index (χ1) is 11.6. The summed E-state index contributed by atoms with van der Waals surface area (Å²) < 4.78 is 4.51. The molecule has 1 atom stereocenters. The van der Waals surface area contributed by atoms with Crippen molar-refractivity contribution in [1.82, 2.24) is 15.3 Å². The first-order valence-electron chi connectivity index (χ1n) is 8.23. The minimum atomic E-state index is -0.452. The largest absolute Gasteiger partial charge is 0.466 e. The molecule has 1 aromatic heterocycles. The van der Waals surface area contributed by atoms with Crippen molar-refractivity contribution in [3.8, 4) is 0 Å². The summed E-state index contributed by atoms with van der Waals surface area (Å²) in [7, 11) is 1.31. The molecule has 1 aliphatic rings. The van der Waals surface area contributed by atoms with E-state index in [-0.39, 0.29) is 11.9 Å². The highest BCUT2D eigenvalue weighted by Crippen LogP contribution is 2.17. The Balaban J connectivity index is 1.84. The maximum atomic E-state index is 12.2. The van der Waals surface area contributed by atoms with Crippen LogP contribution in [0.15, 0.2) is 18.5 Å². The Morgan fingerprint density at radius 3 is 2.62 bits per heavy atom. The van der Waals surface area contributed by atoms with Crippen molar-refractivity contribution < 1.29 is 14.3 Å². The fraction of sp³-hybridized carbons (Fsp3) is 0.529. The number of nitrogens with one attached hydrogen (secondary N) is 2. The first-order valence-corrected chi connectivity index (χ1v) is 8.23. The Labute approximate surface area is 141 Å². The lowest BCUT2D eigenvalue weighted by atomic mass is 9.95. The van der Waals surface area contributed by atoms with Crippen molar-refractivity contribution in [1.29, 1.82) is 0 Å². The van der Waals surface area contributed by atoms with Gasteiger partial charge in [0.1, 0.15) is 11.9 Å².